The molecule has 0 bridgehead atoms. The first-order valence-electron chi connectivity index (χ1n) is 8.54. The van der Waals surface area contributed by atoms with Gasteiger partial charge in [-0.1, -0.05) is 18.2 Å². The number of benzene rings is 1. The van der Waals surface area contributed by atoms with Gasteiger partial charge in [0.1, 0.15) is 5.75 Å². The van der Waals surface area contributed by atoms with Crippen molar-refractivity contribution in [2.75, 3.05) is 12.4 Å². The maximum Gasteiger partial charge on any atom is 0.288 e. The molecule has 2 aromatic heterocycles. The monoisotopic (exact) mass is 366 g/mol. The Morgan fingerprint density at radius 1 is 1.04 bits per heavy atom. The Morgan fingerprint density at radius 2 is 1.74 bits per heavy atom. The second kappa shape index (κ2) is 7.11. The lowest BCUT2D eigenvalue weighted by Crippen LogP contribution is -2.41. The van der Waals surface area contributed by atoms with Crippen molar-refractivity contribution in [2.24, 2.45) is 0 Å². The van der Waals surface area contributed by atoms with Gasteiger partial charge in [-0.25, -0.2) is 4.98 Å². The summed E-state index contributed by atoms with van der Waals surface area (Å²) in [5.41, 5.74) is 0.824. The first kappa shape index (κ1) is 18.4. The molecule has 140 valence electrons. The maximum atomic E-state index is 12.8. The van der Waals surface area contributed by atoms with Gasteiger partial charge < -0.3 is 15.4 Å². The smallest absolute Gasteiger partial charge is 0.288 e. The topological polar surface area (TPSA) is 84.7 Å². The molecule has 0 aliphatic heterocycles. The average Bonchev–Trinajstić information content (AvgIpc) is 3.01. The van der Waals surface area contributed by atoms with Gasteiger partial charge in [-0.15, -0.1) is 0 Å². The first-order valence-corrected chi connectivity index (χ1v) is 8.54. The van der Waals surface area contributed by atoms with E-state index in [4.69, 9.17) is 4.74 Å². The van der Waals surface area contributed by atoms with E-state index in [1.807, 2.05) is 26.8 Å². The number of para-hydroxylation sites is 2. The molecule has 0 atom stereocenters. The fourth-order valence-corrected chi connectivity index (χ4v) is 2.69. The van der Waals surface area contributed by atoms with Crippen LogP contribution in [0.15, 0.2) is 48.7 Å². The molecule has 7 nitrogen and oxygen atoms in total. The van der Waals surface area contributed by atoms with Crippen molar-refractivity contribution in [1.82, 2.24) is 14.7 Å². The van der Waals surface area contributed by atoms with Gasteiger partial charge in [-0.3, -0.25) is 14.0 Å². The number of hydrogen-bond donors (Lipinski definition) is 2. The molecule has 0 unspecified atom stereocenters. The molecule has 2 amide bonds. The second-order valence-electron chi connectivity index (χ2n) is 7.10. The van der Waals surface area contributed by atoms with Gasteiger partial charge in [0, 0.05) is 11.7 Å². The Labute approximate surface area is 157 Å². The number of fused-ring (bicyclic) bond motifs is 1. The van der Waals surface area contributed by atoms with Crippen molar-refractivity contribution < 1.29 is 14.3 Å². The van der Waals surface area contributed by atoms with Crippen molar-refractivity contribution in [2.45, 2.75) is 26.3 Å². The molecule has 2 heterocycles. The summed E-state index contributed by atoms with van der Waals surface area (Å²) < 4.78 is 6.87. The summed E-state index contributed by atoms with van der Waals surface area (Å²) >= 11 is 0. The van der Waals surface area contributed by atoms with Crippen LogP contribution in [0.3, 0.4) is 0 Å². The minimum Gasteiger partial charge on any atom is -0.495 e. The Balaban J connectivity index is 2.00. The summed E-state index contributed by atoms with van der Waals surface area (Å²) in [5, 5.41) is 5.67. The Hall–Kier alpha value is -3.35. The van der Waals surface area contributed by atoms with Crippen LogP contribution >= 0.6 is 0 Å². The van der Waals surface area contributed by atoms with Crippen LogP contribution in [0.25, 0.3) is 5.52 Å². The first-order chi connectivity index (χ1) is 12.8. The normalized spacial score (nSPS) is 11.3. The van der Waals surface area contributed by atoms with Crippen LogP contribution in [-0.2, 0) is 0 Å². The Morgan fingerprint density at radius 3 is 2.44 bits per heavy atom. The number of aromatic nitrogens is 2. The zero-order valence-electron chi connectivity index (χ0n) is 15.7. The molecule has 3 rings (SSSR count). The third-order valence-corrected chi connectivity index (χ3v) is 3.81. The number of pyridine rings is 1. The number of carbonyl (C=O) groups is 2. The largest absolute Gasteiger partial charge is 0.495 e. The van der Waals surface area contributed by atoms with E-state index >= 15 is 0 Å². The molecule has 0 spiro atoms. The quantitative estimate of drug-likeness (QED) is 0.743. The number of nitrogens with one attached hydrogen (secondary N) is 2. The molecule has 3 aromatic rings. The molecule has 0 saturated heterocycles. The lowest BCUT2D eigenvalue weighted by Gasteiger charge is -2.19. The van der Waals surface area contributed by atoms with Crippen molar-refractivity contribution >= 4 is 23.0 Å². The Bertz CT molecular complexity index is 1000. The SMILES string of the molecule is COc1ccccc1NC(=O)c1nc(C(=O)NC(C)(C)C)n2ccccc12. The molecule has 0 saturated carbocycles. The zero-order valence-corrected chi connectivity index (χ0v) is 15.7. The molecule has 0 aliphatic carbocycles. The summed E-state index contributed by atoms with van der Waals surface area (Å²) in [6, 6.07) is 12.4. The van der Waals surface area contributed by atoms with E-state index in [0.717, 1.165) is 0 Å². The summed E-state index contributed by atoms with van der Waals surface area (Å²) in [6.07, 6.45) is 1.71. The lowest BCUT2D eigenvalue weighted by molar-refractivity contribution is 0.0908. The summed E-state index contributed by atoms with van der Waals surface area (Å²) in [5.74, 6) is -0.0659. The number of methoxy groups -OCH3 is 1. The van der Waals surface area contributed by atoms with E-state index in [9.17, 15) is 9.59 Å². The van der Waals surface area contributed by atoms with Crippen LogP contribution in [0.4, 0.5) is 5.69 Å². The molecule has 1 aromatic carbocycles. The highest BCUT2D eigenvalue weighted by atomic mass is 16.5. The minimum atomic E-state index is -0.419. The van der Waals surface area contributed by atoms with Gasteiger partial charge in [-0.2, -0.15) is 0 Å². The van der Waals surface area contributed by atoms with E-state index in [1.54, 1.807) is 47.0 Å². The third kappa shape index (κ3) is 3.92. The van der Waals surface area contributed by atoms with Gasteiger partial charge in [-0.05, 0) is 45.0 Å². The predicted molar refractivity (Wildman–Crippen MR) is 103 cm³/mol. The van der Waals surface area contributed by atoms with Crippen LogP contribution in [0.2, 0.25) is 0 Å². The zero-order chi connectivity index (χ0) is 19.6. The number of nitrogens with zero attached hydrogens (tertiary/aromatic N) is 2. The van der Waals surface area contributed by atoms with Crippen LogP contribution in [-0.4, -0.2) is 33.8 Å². The van der Waals surface area contributed by atoms with Crippen molar-refractivity contribution in [1.29, 1.82) is 0 Å². The highest BCUT2D eigenvalue weighted by Gasteiger charge is 2.24. The predicted octanol–water partition coefficient (Wildman–Crippen LogP) is 3.12. The number of ether oxygens (including phenoxy) is 1. The number of carbonyl (C=O) groups excluding carboxylic acids is 2. The fourth-order valence-electron chi connectivity index (χ4n) is 2.69. The van der Waals surface area contributed by atoms with E-state index < -0.39 is 11.4 Å². The van der Waals surface area contributed by atoms with Crippen molar-refractivity contribution in [3.05, 3.63) is 60.2 Å². The van der Waals surface area contributed by atoms with Crippen LogP contribution in [0.1, 0.15) is 41.9 Å². The van der Waals surface area contributed by atoms with Gasteiger partial charge in [0.05, 0.1) is 18.3 Å². The van der Waals surface area contributed by atoms with Crippen molar-refractivity contribution in [3.63, 3.8) is 0 Å². The van der Waals surface area contributed by atoms with Gasteiger partial charge >= 0.3 is 0 Å². The number of imidazole rings is 1. The highest BCUT2D eigenvalue weighted by molar-refractivity contribution is 6.09. The number of amides is 2. The second-order valence-corrected chi connectivity index (χ2v) is 7.10. The number of anilines is 1. The van der Waals surface area contributed by atoms with E-state index in [2.05, 4.69) is 15.6 Å². The molecule has 0 fully saturated rings. The molecule has 27 heavy (non-hydrogen) atoms. The van der Waals surface area contributed by atoms with Crippen LogP contribution in [0.5, 0.6) is 5.75 Å². The summed E-state index contributed by atoms with van der Waals surface area (Å²) in [7, 11) is 1.53. The molecular weight excluding hydrogens is 344 g/mol. The summed E-state index contributed by atoms with van der Waals surface area (Å²) in [4.78, 5) is 29.8. The van der Waals surface area contributed by atoms with Crippen molar-refractivity contribution in [3.8, 4) is 5.75 Å². The van der Waals surface area contributed by atoms with E-state index in [0.29, 0.717) is 17.0 Å². The molecule has 0 radical (unpaired) electrons. The fraction of sp³-hybridized carbons (Fsp3) is 0.250. The Kier molecular flexibility index (Phi) is 4.85. The van der Waals surface area contributed by atoms with Gasteiger partial charge in [0.15, 0.2) is 5.69 Å². The lowest BCUT2D eigenvalue weighted by atomic mass is 10.1. The van der Waals surface area contributed by atoms with E-state index in [-0.39, 0.29) is 17.4 Å². The highest BCUT2D eigenvalue weighted by Crippen LogP contribution is 2.24. The van der Waals surface area contributed by atoms with Gasteiger partial charge in [0.2, 0.25) is 5.82 Å². The molecular formula is C20H22N4O3. The van der Waals surface area contributed by atoms with Crippen LogP contribution in [0, 0.1) is 0 Å². The third-order valence-electron chi connectivity index (χ3n) is 3.81. The minimum absolute atomic E-state index is 0.158. The molecule has 0 aliphatic rings. The standard InChI is InChI=1S/C20H22N4O3/c1-20(2,3)23-19(26)17-22-16(14-10-7-8-12-24(14)17)18(25)21-13-9-5-6-11-15(13)27-4/h5-12H,1-4H3,(H,21,25)(H,23,26). The average molecular weight is 366 g/mol. The number of hydrogen-bond acceptors (Lipinski definition) is 4. The molecule has 2 N–H and O–H groups in total. The summed E-state index contributed by atoms with van der Waals surface area (Å²) in [6.45, 7) is 5.65. The van der Waals surface area contributed by atoms with E-state index in [1.165, 1.54) is 7.11 Å². The number of rotatable bonds is 4. The van der Waals surface area contributed by atoms with Gasteiger partial charge in [0.25, 0.3) is 11.8 Å². The maximum absolute atomic E-state index is 12.8. The molecule has 7 heteroatoms. The van der Waals surface area contributed by atoms with Crippen LogP contribution < -0.4 is 15.4 Å².